The van der Waals surface area contributed by atoms with Gasteiger partial charge in [-0.05, 0) is 47.5 Å². The van der Waals surface area contributed by atoms with Gasteiger partial charge in [0, 0.05) is 32.9 Å². The van der Waals surface area contributed by atoms with Gasteiger partial charge in [-0.3, -0.25) is 9.79 Å². The van der Waals surface area contributed by atoms with Crippen LogP contribution in [0.2, 0.25) is 0 Å². The highest BCUT2D eigenvalue weighted by molar-refractivity contribution is 6.02. The molecule has 0 radical (unpaired) electrons. The molecule has 0 saturated carbocycles. The third-order valence-electron chi connectivity index (χ3n) is 4.29. The van der Waals surface area contributed by atoms with Crippen molar-refractivity contribution in [2.24, 2.45) is 4.99 Å². The number of benzene rings is 2. The van der Waals surface area contributed by atoms with Crippen LogP contribution in [0.5, 0.6) is 0 Å². The normalized spacial score (nSPS) is 11.2. The van der Waals surface area contributed by atoms with Gasteiger partial charge in [0.25, 0.3) is 5.91 Å². The lowest BCUT2D eigenvalue weighted by molar-refractivity contribution is 0.0996. The number of guanidine groups is 1. The second kappa shape index (κ2) is 9.54. The van der Waals surface area contributed by atoms with E-state index in [2.05, 4.69) is 15.6 Å². The average Bonchev–Trinajstić information content (AvgIpc) is 3.25. The first-order chi connectivity index (χ1) is 14.0. The summed E-state index contributed by atoms with van der Waals surface area (Å²) in [6.45, 7) is 1.10. The van der Waals surface area contributed by atoms with Crippen molar-refractivity contribution in [1.29, 1.82) is 0 Å². The molecule has 1 heterocycles. The topological polar surface area (TPSA) is 69.9 Å². The van der Waals surface area contributed by atoms with Crippen molar-refractivity contribution < 1.29 is 13.6 Å². The van der Waals surface area contributed by atoms with Crippen LogP contribution in [-0.4, -0.2) is 30.9 Å². The number of hydrogen-bond acceptors (Lipinski definition) is 3. The fourth-order valence-electron chi connectivity index (χ4n) is 2.86. The van der Waals surface area contributed by atoms with Gasteiger partial charge in [-0.25, -0.2) is 4.39 Å². The van der Waals surface area contributed by atoms with Gasteiger partial charge in [0.1, 0.15) is 5.82 Å². The molecular formula is C22H23FN4O2. The maximum Gasteiger partial charge on any atom is 0.291 e. The second-order valence-electron chi connectivity index (χ2n) is 6.52. The molecule has 1 amide bonds. The number of halogens is 1. The van der Waals surface area contributed by atoms with E-state index in [-0.39, 0.29) is 17.5 Å². The van der Waals surface area contributed by atoms with Gasteiger partial charge in [-0.15, -0.1) is 0 Å². The first-order valence-electron chi connectivity index (χ1n) is 9.15. The van der Waals surface area contributed by atoms with Gasteiger partial charge >= 0.3 is 0 Å². The molecule has 0 atom stereocenters. The quantitative estimate of drug-likeness (QED) is 0.492. The SMILES string of the molecule is CN=C(NCc1ccc(NC(=O)c2ccco2)cc1)N(C)Cc1cccc(F)c1. The van der Waals surface area contributed by atoms with Crippen molar-refractivity contribution in [2.45, 2.75) is 13.1 Å². The Balaban J connectivity index is 1.53. The number of carbonyl (C=O) groups is 1. The molecule has 0 fully saturated rings. The monoisotopic (exact) mass is 394 g/mol. The summed E-state index contributed by atoms with van der Waals surface area (Å²) in [5.41, 5.74) is 2.58. The number of rotatable bonds is 6. The van der Waals surface area contributed by atoms with Gasteiger partial charge in [-0.1, -0.05) is 24.3 Å². The Hall–Kier alpha value is -3.61. The zero-order valence-electron chi connectivity index (χ0n) is 16.4. The first-order valence-corrected chi connectivity index (χ1v) is 9.15. The molecule has 3 aromatic rings. The second-order valence-corrected chi connectivity index (χ2v) is 6.52. The Labute approximate surface area is 169 Å². The standard InChI is InChI=1S/C22H23FN4O2/c1-24-22(27(2)15-17-5-3-6-18(23)13-17)25-14-16-8-10-19(11-9-16)26-21(28)20-7-4-12-29-20/h3-13H,14-15H2,1-2H3,(H,24,25)(H,26,28). The van der Waals surface area contributed by atoms with Crippen LogP contribution >= 0.6 is 0 Å². The number of furan rings is 1. The van der Waals surface area contributed by atoms with E-state index in [1.54, 1.807) is 25.2 Å². The van der Waals surface area contributed by atoms with E-state index in [0.29, 0.717) is 24.7 Å². The molecule has 2 aromatic carbocycles. The molecule has 1 aromatic heterocycles. The van der Waals surface area contributed by atoms with Crippen molar-refractivity contribution in [1.82, 2.24) is 10.2 Å². The molecule has 0 aliphatic carbocycles. The summed E-state index contributed by atoms with van der Waals surface area (Å²) in [7, 11) is 3.60. The van der Waals surface area contributed by atoms with Crippen molar-refractivity contribution in [3.05, 3.63) is 89.6 Å². The van der Waals surface area contributed by atoms with Crippen LogP contribution in [-0.2, 0) is 13.1 Å². The van der Waals surface area contributed by atoms with Crippen molar-refractivity contribution in [3.63, 3.8) is 0 Å². The summed E-state index contributed by atoms with van der Waals surface area (Å²) in [4.78, 5) is 18.2. The van der Waals surface area contributed by atoms with Gasteiger partial charge in [0.15, 0.2) is 11.7 Å². The molecular weight excluding hydrogens is 371 g/mol. The lowest BCUT2D eigenvalue weighted by Crippen LogP contribution is -2.38. The lowest BCUT2D eigenvalue weighted by Gasteiger charge is -2.22. The van der Waals surface area contributed by atoms with Crippen LogP contribution in [0.1, 0.15) is 21.7 Å². The average molecular weight is 394 g/mol. The molecule has 0 unspecified atom stereocenters. The number of nitrogens with zero attached hydrogens (tertiary/aromatic N) is 2. The zero-order chi connectivity index (χ0) is 20.6. The summed E-state index contributed by atoms with van der Waals surface area (Å²) in [5, 5.41) is 6.06. The Morgan fingerprint density at radius 2 is 1.90 bits per heavy atom. The molecule has 3 rings (SSSR count). The third kappa shape index (κ3) is 5.68. The maximum absolute atomic E-state index is 13.4. The Morgan fingerprint density at radius 1 is 1.10 bits per heavy atom. The molecule has 0 spiro atoms. The smallest absolute Gasteiger partial charge is 0.291 e. The van der Waals surface area contributed by atoms with Crippen LogP contribution in [0.25, 0.3) is 0 Å². The molecule has 2 N–H and O–H groups in total. The molecule has 0 aliphatic heterocycles. The minimum Gasteiger partial charge on any atom is -0.459 e. The summed E-state index contributed by atoms with van der Waals surface area (Å²) in [6, 6.07) is 17.3. The predicted octanol–water partition coefficient (Wildman–Crippen LogP) is 3.88. The molecule has 6 nitrogen and oxygen atoms in total. The van der Waals surface area contributed by atoms with Gasteiger partial charge in [0.05, 0.1) is 6.26 Å². The highest BCUT2D eigenvalue weighted by Crippen LogP contribution is 2.12. The lowest BCUT2D eigenvalue weighted by atomic mass is 10.2. The van der Waals surface area contributed by atoms with Gasteiger partial charge in [0.2, 0.25) is 0 Å². The van der Waals surface area contributed by atoms with Crippen LogP contribution in [0.3, 0.4) is 0 Å². The van der Waals surface area contributed by atoms with Gasteiger partial charge in [-0.2, -0.15) is 0 Å². The Kier molecular flexibility index (Phi) is 6.63. The maximum atomic E-state index is 13.4. The molecule has 29 heavy (non-hydrogen) atoms. The van der Waals surface area contributed by atoms with E-state index in [1.165, 1.54) is 18.4 Å². The number of hydrogen-bond donors (Lipinski definition) is 2. The molecule has 7 heteroatoms. The minimum atomic E-state index is -0.291. The van der Waals surface area contributed by atoms with E-state index in [0.717, 1.165) is 11.1 Å². The van der Waals surface area contributed by atoms with Gasteiger partial charge < -0.3 is 20.0 Å². The number of carbonyl (C=O) groups excluding carboxylic acids is 1. The molecule has 0 aliphatic rings. The summed E-state index contributed by atoms with van der Waals surface area (Å²) < 4.78 is 18.4. The van der Waals surface area contributed by atoms with E-state index < -0.39 is 0 Å². The summed E-state index contributed by atoms with van der Waals surface area (Å²) in [6.07, 6.45) is 1.46. The van der Waals surface area contributed by atoms with Crippen molar-refractivity contribution in [3.8, 4) is 0 Å². The van der Waals surface area contributed by atoms with Crippen molar-refractivity contribution in [2.75, 3.05) is 19.4 Å². The van der Waals surface area contributed by atoms with Crippen molar-refractivity contribution >= 4 is 17.6 Å². The van der Waals surface area contributed by atoms with Crippen LogP contribution in [0.15, 0.2) is 76.3 Å². The number of amides is 1. The fraction of sp³-hybridized carbons (Fsp3) is 0.182. The minimum absolute atomic E-state index is 0.252. The molecule has 150 valence electrons. The van der Waals surface area contributed by atoms with E-state index in [9.17, 15) is 9.18 Å². The summed E-state index contributed by atoms with van der Waals surface area (Å²) in [5.74, 6) is 0.420. The molecule has 0 bridgehead atoms. The Bertz CT molecular complexity index is 969. The van der Waals surface area contributed by atoms with Crippen LogP contribution < -0.4 is 10.6 Å². The van der Waals surface area contributed by atoms with Crippen LogP contribution in [0, 0.1) is 5.82 Å². The first kappa shape index (κ1) is 20.1. The van der Waals surface area contributed by atoms with E-state index in [1.807, 2.05) is 42.3 Å². The zero-order valence-corrected chi connectivity index (χ0v) is 16.4. The predicted molar refractivity (Wildman–Crippen MR) is 111 cm³/mol. The number of aliphatic imine (C=N–C) groups is 1. The fourth-order valence-corrected chi connectivity index (χ4v) is 2.86. The number of anilines is 1. The number of nitrogens with one attached hydrogen (secondary N) is 2. The summed E-state index contributed by atoms with van der Waals surface area (Å²) >= 11 is 0. The highest BCUT2D eigenvalue weighted by atomic mass is 19.1. The highest BCUT2D eigenvalue weighted by Gasteiger charge is 2.09. The van der Waals surface area contributed by atoms with E-state index >= 15 is 0 Å². The largest absolute Gasteiger partial charge is 0.459 e. The molecule has 0 saturated heterocycles. The Morgan fingerprint density at radius 3 is 2.55 bits per heavy atom. The van der Waals surface area contributed by atoms with E-state index in [4.69, 9.17) is 4.42 Å². The third-order valence-corrected chi connectivity index (χ3v) is 4.29. The van der Waals surface area contributed by atoms with Crippen LogP contribution in [0.4, 0.5) is 10.1 Å².